The van der Waals surface area contributed by atoms with Crippen LogP contribution in [0.25, 0.3) is 0 Å². The Hall–Kier alpha value is -3.55. The molecule has 0 aliphatic carbocycles. The minimum atomic E-state index is -4.08. The first-order valence-electron chi connectivity index (χ1n) is 11.7. The lowest BCUT2D eigenvalue weighted by Gasteiger charge is -2.44. The van der Waals surface area contributed by atoms with Crippen LogP contribution in [0.5, 0.6) is 0 Å². The average Bonchev–Trinajstić information content (AvgIpc) is 2.97. The fourth-order valence-corrected chi connectivity index (χ4v) is 6.97. The average molecular weight is 542 g/mol. The molecule has 2 aromatic rings. The second kappa shape index (κ2) is 10.4. The summed E-state index contributed by atoms with van der Waals surface area (Å²) in [5.41, 5.74) is 1.31. The number of Topliss-reactive ketones (excluding diaryl/α,β-unsaturated/α-hetero) is 2. The number of hydrogen-bond donors (Lipinski definition) is 1. The van der Waals surface area contributed by atoms with Gasteiger partial charge in [0.25, 0.3) is 0 Å². The van der Waals surface area contributed by atoms with Crippen LogP contribution in [0.15, 0.2) is 53.4 Å². The molecule has 0 aromatic heterocycles. The number of halogens is 1. The molecule has 3 aliphatic heterocycles. The zero-order valence-corrected chi connectivity index (χ0v) is 21.3. The summed E-state index contributed by atoms with van der Waals surface area (Å²) in [7, 11) is -4.08. The topological polar surface area (TPSA) is 141 Å². The number of nitriles is 1. The quantitative estimate of drug-likeness (QED) is 0.585. The number of hydrogen-bond acceptors (Lipinski definition) is 7. The van der Waals surface area contributed by atoms with Crippen molar-refractivity contribution in [3.63, 3.8) is 0 Å². The molecule has 1 N–H and O–H groups in total. The smallest absolute Gasteiger partial charge is 0.228 e. The molecule has 3 saturated heterocycles. The lowest BCUT2D eigenvalue weighted by Crippen LogP contribution is -2.67. The Morgan fingerprint density at radius 3 is 2.30 bits per heavy atom. The van der Waals surface area contributed by atoms with E-state index in [1.54, 1.807) is 24.3 Å². The van der Waals surface area contributed by atoms with E-state index in [0.29, 0.717) is 42.8 Å². The Morgan fingerprint density at radius 1 is 1.00 bits per heavy atom. The van der Waals surface area contributed by atoms with Crippen molar-refractivity contribution in [1.82, 2.24) is 10.2 Å². The third-order valence-corrected chi connectivity index (χ3v) is 9.38. The van der Waals surface area contributed by atoms with Crippen molar-refractivity contribution >= 4 is 44.8 Å². The summed E-state index contributed by atoms with van der Waals surface area (Å²) < 4.78 is 26.5. The Morgan fingerprint density at radius 2 is 1.68 bits per heavy atom. The number of ketones is 2. The van der Waals surface area contributed by atoms with Gasteiger partial charge in [-0.3, -0.25) is 19.2 Å². The van der Waals surface area contributed by atoms with Gasteiger partial charge in [0.15, 0.2) is 5.78 Å². The first-order chi connectivity index (χ1) is 17.6. The van der Waals surface area contributed by atoms with E-state index in [1.807, 2.05) is 6.07 Å². The molecular weight excluding hydrogens is 518 g/mol. The Balaban J connectivity index is 0.000000301. The summed E-state index contributed by atoms with van der Waals surface area (Å²) in [4.78, 5) is 45.9. The minimum Gasteiger partial charge on any atom is -0.356 e. The fraction of sp³-hybridized carbons (Fsp3) is 0.346. The summed E-state index contributed by atoms with van der Waals surface area (Å²) in [6, 6.07) is 14.4. The van der Waals surface area contributed by atoms with Crippen molar-refractivity contribution < 1.29 is 27.6 Å². The van der Waals surface area contributed by atoms with E-state index in [9.17, 15) is 27.6 Å². The predicted molar refractivity (Wildman–Crippen MR) is 133 cm³/mol. The van der Waals surface area contributed by atoms with E-state index >= 15 is 0 Å². The number of carbonyl (C=O) groups is 4. The van der Waals surface area contributed by atoms with Crippen LogP contribution in [0.4, 0.5) is 0 Å². The Labute approximate surface area is 219 Å². The van der Waals surface area contributed by atoms with Gasteiger partial charge < -0.3 is 10.2 Å². The standard InChI is InChI=1S/C20H15ClN2O4S.C6H9NO2/c21-16-5-7-17(8-6-16)28(26,27)20-10-18(24)23(20)12-15(19(20)25)9-13-1-3-14(11-22)4-2-13;8-5-1-2-6(9)7-4-3-5/h1-8,15H,9-10,12H2;1-4H2,(H,7,9). The second-order valence-corrected chi connectivity index (χ2v) is 11.7. The Kier molecular flexibility index (Phi) is 7.48. The highest BCUT2D eigenvalue weighted by Gasteiger charge is 2.70. The zero-order valence-electron chi connectivity index (χ0n) is 19.8. The molecule has 192 valence electrons. The van der Waals surface area contributed by atoms with Crippen LogP contribution in [0.1, 0.15) is 36.8 Å². The molecule has 11 heteroatoms. The van der Waals surface area contributed by atoms with Gasteiger partial charge in [0.1, 0.15) is 5.78 Å². The number of nitrogens with zero attached hydrogens (tertiary/aromatic N) is 2. The van der Waals surface area contributed by atoms with E-state index < -0.39 is 26.4 Å². The van der Waals surface area contributed by atoms with Crippen LogP contribution < -0.4 is 5.32 Å². The van der Waals surface area contributed by atoms with Gasteiger partial charge >= 0.3 is 0 Å². The van der Waals surface area contributed by atoms with Crippen LogP contribution >= 0.6 is 11.6 Å². The maximum atomic E-state index is 13.3. The van der Waals surface area contributed by atoms with Crippen molar-refractivity contribution in [1.29, 1.82) is 5.26 Å². The highest BCUT2D eigenvalue weighted by Crippen LogP contribution is 2.48. The van der Waals surface area contributed by atoms with Crippen LogP contribution in [0.2, 0.25) is 5.02 Å². The van der Waals surface area contributed by atoms with Gasteiger partial charge in [0, 0.05) is 43.3 Å². The van der Waals surface area contributed by atoms with Gasteiger partial charge in [-0.25, -0.2) is 8.42 Å². The molecular formula is C26H24ClN3O6S. The molecule has 3 fully saturated rings. The molecule has 3 heterocycles. The van der Waals surface area contributed by atoms with Crippen LogP contribution in [-0.2, 0) is 35.4 Å². The van der Waals surface area contributed by atoms with Crippen molar-refractivity contribution in [2.75, 3.05) is 13.1 Å². The summed E-state index contributed by atoms with van der Waals surface area (Å²) in [6.45, 7) is 0.599. The van der Waals surface area contributed by atoms with Gasteiger partial charge in [0.2, 0.25) is 26.5 Å². The molecule has 5 rings (SSSR count). The minimum absolute atomic E-state index is 0.000787. The summed E-state index contributed by atoms with van der Waals surface area (Å²) >= 11 is 5.84. The largest absolute Gasteiger partial charge is 0.356 e. The number of fused-ring (bicyclic) bond motifs is 1. The molecule has 0 spiro atoms. The SMILES string of the molecule is N#Cc1ccc(CC2CN3C(=O)CC3(S(=O)(=O)c3ccc(Cl)cc3)C2=O)cc1.O=C1CCNC(=O)CC1. The number of carbonyl (C=O) groups excluding carboxylic acids is 4. The van der Waals surface area contributed by atoms with Crippen LogP contribution in [0.3, 0.4) is 0 Å². The molecule has 2 aromatic carbocycles. The zero-order chi connectivity index (χ0) is 26.8. The van der Waals surface area contributed by atoms with Crippen molar-refractivity contribution in [2.24, 2.45) is 5.92 Å². The summed E-state index contributed by atoms with van der Waals surface area (Å²) in [5.74, 6) is -1.21. The molecule has 2 unspecified atom stereocenters. The molecule has 37 heavy (non-hydrogen) atoms. The lowest BCUT2D eigenvalue weighted by molar-refractivity contribution is -0.150. The maximum absolute atomic E-state index is 13.3. The Bertz CT molecular complexity index is 1380. The van der Waals surface area contributed by atoms with Gasteiger partial charge in [-0.05, 0) is 48.4 Å². The van der Waals surface area contributed by atoms with Gasteiger partial charge in [-0.2, -0.15) is 5.26 Å². The van der Waals surface area contributed by atoms with Gasteiger partial charge in [0.05, 0.1) is 22.9 Å². The van der Waals surface area contributed by atoms with E-state index in [2.05, 4.69) is 5.32 Å². The summed E-state index contributed by atoms with van der Waals surface area (Å²) in [5, 5.41) is 11.9. The van der Waals surface area contributed by atoms with E-state index in [4.69, 9.17) is 16.9 Å². The first-order valence-corrected chi connectivity index (χ1v) is 13.6. The van der Waals surface area contributed by atoms with E-state index in [-0.39, 0.29) is 35.5 Å². The van der Waals surface area contributed by atoms with Crippen molar-refractivity contribution in [3.8, 4) is 6.07 Å². The van der Waals surface area contributed by atoms with E-state index in [0.717, 1.165) is 5.56 Å². The number of benzene rings is 2. The number of sulfone groups is 1. The molecule has 2 atom stereocenters. The highest BCUT2D eigenvalue weighted by molar-refractivity contribution is 7.93. The molecule has 2 amide bonds. The molecule has 0 bridgehead atoms. The van der Waals surface area contributed by atoms with Crippen LogP contribution in [0, 0.1) is 17.2 Å². The third-order valence-electron chi connectivity index (χ3n) is 6.78. The third kappa shape index (κ3) is 5.02. The van der Waals surface area contributed by atoms with Gasteiger partial charge in [-0.15, -0.1) is 0 Å². The highest BCUT2D eigenvalue weighted by atomic mass is 35.5. The number of rotatable bonds is 4. The number of nitrogens with one attached hydrogen (secondary N) is 1. The molecule has 3 aliphatic rings. The predicted octanol–water partition coefficient (Wildman–Crippen LogP) is 2.21. The van der Waals surface area contributed by atoms with Crippen molar-refractivity contribution in [2.45, 2.75) is 41.9 Å². The fourth-order valence-electron chi connectivity index (χ4n) is 4.74. The number of β-lactam (4-membered cyclic amide) rings is 1. The molecule has 0 radical (unpaired) electrons. The monoisotopic (exact) mass is 541 g/mol. The van der Waals surface area contributed by atoms with Gasteiger partial charge in [-0.1, -0.05) is 23.7 Å². The normalized spacial score (nSPS) is 23.1. The lowest BCUT2D eigenvalue weighted by atomic mass is 9.92. The van der Waals surface area contributed by atoms with Crippen molar-refractivity contribution in [3.05, 3.63) is 64.7 Å². The second-order valence-electron chi connectivity index (χ2n) is 9.14. The maximum Gasteiger partial charge on any atom is 0.228 e. The van der Waals surface area contributed by atoms with Crippen LogP contribution in [-0.4, -0.2) is 54.7 Å². The number of amides is 2. The summed E-state index contributed by atoms with van der Waals surface area (Å²) in [6.07, 6.45) is 1.28. The molecule has 9 nitrogen and oxygen atoms in total. The first kappa shape index (κ1) is 26.5. The molecule has 0 saturated carbocycles. The van der Waals surface area contributed by atoms with E-state index in [1.165, 1.54) is 29.2 Å².